The van der Waals surface area contributed by atoms with Crippen molar-refractivity contribution >= 4 is 5.78 Å². The van der Waals surface area contributed by atoms with Gasteiger partial charge in [-0.3, -0.25) is 4.79 Å². The number of benzene rings is 1. The van der Waals surface area contributed by atoms with Crippen LogP contribution in [-0.4, -0.2) is 26.5 Å². The van der Waals surface area contributed by atoms with Gasteiger partial charge in [-0.05, 0) is 26.0 Å². The van der Waals surface area contributed by atoms with Gasteiger partial charge in [0.2, 0.25) is 0 Å². The fourth-order valence-corrected chi connectivity index (χ4v) is 1.71. The van der Waals surface area contributed by atoms with E-state index in [2.05, 4.69) is 0 Å². The van der Waals surface area contributed by atoms with Gasteiger partial charge in [0, 0.05) is 11.1 Å². The molecule has 0 heterocycles. The summed E-state index contributed by atoms with van der Waals surface area (Å²) >= 11 is 0. The zero-order valence-electron chi connectivity index (χ0n) is 11.0. The molecule has 0 bridgehead atoms. The van der Waals surface area contributed by atoms with Crippen molar-refractivity contribution in [2.75, 3.05) is 20.8 Å². The predicted octanol–water partition coefficient (Wildman–Crippen LogP) is 2.05. The van der Waals surface area contributed by atoms with Crippen molar-refractivity contribution in [2.24, 2.45) is 5.73 Å². The second-order valence-electron chi connectivity index (χ2n) is 4.35. The van der Waals surface area contributed by atoms with Crippen molar-refractivity contribution in [3.8, 4) is 11.5 Å². The molecule has 4 nitrogen and oxygen atoms in total. The highest BCUT2D eigenvalue weighted by atomic mass is 19.1. The Kier molecular flexibility index (Phi) is 4.29. The number of ketones is 1. The van der Waals surface area contributed by atoms with Gasteiger partial charge in [-0.1, -0.05) is 0 Å². The number of nitrogens with two attached hydrogens (primary N) is 1. The summed E-state index contributed by atoms with van der Waals surface area (Å²) in [5.41, 5.74) is 4.14. The van der Waals surface area contributed by atoms with E-state index >= 15 is 0 Å². The van der Waals surface area contributed by atoms with E-state index in [-0.39, 0.29) is 23.5 Å². The largest absolute Gasteiger partial charge is 0.493 e. The number of hydrogen-bond acceptors (Lipinski definition) is 4. The van der Waals surface area contributed by atoms with Gasteiger partial charge in [-0.2, -0.15) is 0 Å². The molecule has 0 saturated carbocycles. The second kappa shape index (κ2) is 5.35. The number of carbonyl (C=O) groups excluding carboxylic acids is 1. The van der Waals surface area contributed by atoms with Crippen LogP contribution in [-0.2, 0) is 5.67 Å². The van der Waals surface area contributed by atoms with Crippen LogP contribution in [0.25, 0.3) is 0 Å². The van der Waals surface area contributed by atoms with Gasteiger partial charge in [0.1, 0.15) is 5.67 Å². The van der Waals surface area contributed by atoms with Crippen molar-refractivity contribution in [3.63, 3.8) is 0 Å². The first kappa shape index (κ1) is 14.4. The summed E-state index contributed by atoms with van der Waals surface area (Å²) in [6.07, 6.45) is 0. The third-order valence-corrected chi connectivity index (χ3v) is 2.65. The highest BCUT2D eigenvalue weighted by molar-refractivity contribution is 5.99. The molecule has 0 atom stereocenters. The fourth-order valence-electron chi connectivity index (χ4n) is 1.71. The smallest absolute Gasteiger partial charge is 0.176 e. The molecule has 0 aliphatic rings. The molecule has 0 saturated heterocycles. The number of Topliss-reactive ketones (excluding diaryl/α,β-unsaturated/α-hetero) is 1. The van der Waals surface area contributed by atoms with E-state index in [0.717, 1.165) is 0 Å². The Bertz CT molecular complexity index is 452. The molecule has 1 aromatic rings. The van der Waals surface area contributed by atoms with Gasteiger partial charge in [0.05, 0.1) is 20.8 Å². The molecule has 0 spiro atoms. The van der Waals surface area contributed by atoms with Gasteiger partial charge < -0.3 is 15.2 Å². The topological polar surface area (TPSA) is 61.5 Å². The van der Waals surface area contributed by atoms with Gasteiger partial charge in [-0.15, -0.1) is 0 Å². The number of methoxy groups -OCH3 is 2. The Hall–Kier alpha value is -1.62. The van der Waals surface area contributed by atoms with Crippen LogP contribution in [0.3, 0.4) is 0 Å². The highest BCUT2D eigenvalue weighted by Crippen LogP contribution is 2.37. The van der Waals surface area contributed by atoms with Crippen molar-refractivity contribution in [1.29, 1.82) is 0 Å². The van der Waals surface area contributed by atoms with Crippen molar-refractivity contribution in [3.05, 3.63) is 23.3 Å². The maximum atomic E-state index is 14.1. The highest BCUT2D eigenvalue weighted by Gasteiger charge is 2.27. The quantitative estimate of drug-likeness (QED) is 0.818. The van der Waals surface area contributed by atoms with Crippen LogP contribution in [0.2, 0.25) is 0 Å². The van der Waals surface area contributed by atoms with Crippen molar-refractivity contribution in [1.82, 2.24) is 0 Å². The minimum absolute atomic E-state index is 0.182. The van der Waals surface area contributed by atoms with E-state index in [4.69, 9.17) is 15.2 Å². The molecule has 5 heteroatoms. The van der Waals surface area contributed by atoms with Crippen LogP contribution in [0.1, 0.15) is 29.8 Å². The minimum atomic E-state index is -1.67. The lowest BCUT2D eigenvalue weighted by atomic mass is 9.91. The number of halogens is 1. The lowest BCUT2D eigenvalue weighted by Gasteiger charge is -2.20. The lowest BCUT2D eigenvalue weighted by molar-refractivity contribution is 0.0993. The normalized spacial score (nSPS) is 11.2. The van der Waals surface area contributed by atoms with Crippen LogP contribution in [0.15, 0.2) is 12.1 Å². The van der Waals surface area contributed by atoms with Gasteiger partial charge >= 0.3 is 0 Å². The van der Waals surface area contributed by atoms with E-state index in [0.29, 0.717) is 11.5 Å². The van der Waals surface area contributed by atoms with Crippen molar-refractivity contribution < 1.29 is 18.7 Å². The zero-order valence-corrected chi connectivity index (χ0v) is 11.0. The molecular weight excluding hydrogens is 237 g/mol. The summed E-state index contributed by atoms with van der Waals surface area (Å²) in [5, 5.41) is 0. The van der Waals surface area contributed by atoms with Crippen LogP contribution in [0.5, 0.6) is 11.5 Å². The number of ether oxygens (including phenoxy) is 2. The molecule has 2 N–H and O–H groups in total. The van der Waals surface area contributed by atoms with E-state index in [1.165, 1.54) is 40.2 Å². The minimum Gasteiger partial charge on any atom is -0.493 e. The molecule has 0 unspecified atom stereocenters. The Morgan fingerprint density at radius 2 is 1.78 bits per heavy atom. The summed E-state index contributed by atoms with van der Waals surface area (Å²) in [6, 6.07) is 2.94. The van der Waals surface area contributed by atoms with Gasteiger partial charge in [0.15, 0.2) is 17.3 Å². The number of hydrogen-bond donors (Lipinski definition) is 1. The first-order chi connectivity index (χ1) is 8.35. The maximum absolute atomic E-state index is 14.1. The van der Waals surface area contributed by atoms with Crippen LogP contribution in [0.4, 0.5) is 4.39 Å². The molecule has 0 radical (unpaired) electrons. The van der Waals surface area contributed by atoms with E-state index in [9.17, 15) is 9.18 Å². The molecule has 100 valence electrons. The van der Waals surface area contributed by atoms with Crippen LogP contribution >= 0.6 is 0 Å². The monoisotopic (exact) mass is 255 g/mol. The van der Waals surface area contributed by atoms with E-state index in [1.807, 2.05) is 0 Å². The summed E-state index contributed by atoms with van der Waals surface area (Å²) in [5.74, 6) is 0.422. The molecular formula is C13H18FNO3. The summed E-state index contributed by atoms with van der Waals surface area (Å²) < 4.78 is 24.3. The fraction of sp³-hybridized carbons (Fsp3) is 0.462. The summed E-state index contributed by atoms with van der Waals surface area (Å²) in [4.78, 5) is 11.8. The molecule has 0 amide bonds. The molecule has 0 aliphatic carbocycles. The molecule has 0 aliphatic heterocycles. The molecule has 0 aromatic heterocycles. The number of rotatable bonds is 5. The Balaban J connectivity index is 3.51. The average molecular weight is 255 g/mol. The molecule has 1 rings (SSSR count). The predicted molar refractivity (Wildman–Crippen MR) is 67.1 cm³/mol. The average Bonchev–Trinajstić information content (AvgIpc) is 2.34. The van der Waals surface area contributed by atoms with E-state index in [1.54, 1.807) is 0 Å². The standard InChI is InChI=1S/C13H18FNO3/c1-13(2,14)9-6-12(18-4)11(17-3)5-8(9)10(16)7-15/h5-6H,7,15H2,1-4H3. The lowest BCUT2D eigenvalue weighted by Crippen LogP contribution is -2.21. The Morgan fingerprint density at radius 1 is 1.28 bits per heavy atom. The van der Waals surface area contributed by atoms with Crippen LogP contribution < -0.4 is 15.2 Å². The third kappa shape index (κ3) is 2.79. The molecule has 0 fully saturated rings. The summed E-state index contributed by atoms with van der Waals surface area (Å²) in [6.45, 7) is 2.57. The third-order valence-electron chi connectivity index (χ3n) is 2.65. The van der Waals surface area contributed by atoms with E-state index < -0.39 is 5.67 Å². The van der Waals surface area contributed by atoms with Gasteiger partial charge in [0.25, 0.3) is 0 Å². The SMILES string of the molecule is COc1cc(C(=O)CN)c(C(C)(C)F)cc1OC. The maximum Gasteiger partial charge on any atom is 0.176 e. The second-order valence-corrected chi connectivity index (χ2v) is 4.35. The summed E-state index contributed by atoms with van der Waals surface area (Å²) in [7, 11) is 2.91. The Labute approximate surface area is 106 Å². The van der Waals surface area contributed by atoms with Crippen molar-refractivity contribution in [2.45, 2.75) is 19.5 Å². The molecule has 18 heavy (non-hydrogen) atoms. The first-order valence-corrected chi connectivity index (χ1v) is 5.53. The van der Waals surface area contributed by atoms with Crippen LogP contribution in [0, 0.1) is 0 Å². The molecule has 1 aromatic carbocycles. The number of carbonyl (C=O) groups is 1. The van der Waals surface area contributed by atoms with Gasteiger partial charge in [-0.25, -0.2) is 4.39 Å². The Morgan fingerprint density at radius 3 is 2.17 bits per heavy atom. The first-order valence-electron chi connectivity index (χ1n) is 5.53. The number of alkyl halides is 1. The zero-order chi connectivity index (χ0) is 13.9.